The van der Waals surface area contributed by atoms with E-state index >= 15 is 0 Å². The zero-order valence-corrected chi connectivity index (χ0v) is 11.4. The van der Waals surface area contributed by atoms with Crippen molar-refractivity contribution in [2.45, 2.75) is 19.4 Å². The quantitative estimate of drug-likeness (QED) is 0.918. The molecule has 0 bridgehead atoms. The molecule has 0 saturated heterocycles. The average Bonchev–Trinajstić information content (AvgIpc) is 2.88. The van der Waals surface area contributed by atoms with Crippen molar-refractivity contribution < 1.29 is 4.52 Å². The minimum Gasteiger partial charge on any atom is -0.340 e. The molecule has 0 radical (unpaired) electrons. The van der Waals surface area contributed by atoms with Gasteiger partial charge in [-0.2, -0.15) is 4.98 Å². The van der Waals surface area contributed by atoms with Gasteiger partial charge in [-0.25, -0.2) is 0 Å². The number of nitrogens with zero attached hydrogens (tertiary/aromatic N) is 2. The fourth-order valence-corrected chi connectivity index (χ4v) is 3.11. The highest BCUT2D eigenvalue weighted by Crippen LogP contribution is 2.34. The molecular weight excluding hydrogens is 281 g/mol. The molecule has 2 aromatic heterocycles. The predicted octanol–water partition coefficient (Wildman–Crippen LogP) is 3.33. The molecule has 1 N–H and O–H groups in total. The first-order chi connectivity index (χ1) is 8.16. The van der Waals surface area contributed by atoms with Crippen molar-refractivity contribution in [3.05, 3.63) is 32.5 Å². The van der Waals surface area contributed by atoms with E-state index in [0.717, 1.165) is 16.4 Å². The Labute approximate surface area is 113 Å². The van der Waals surface area contributed by atoms with Gasteiger partial charge in [0.25, 0.3) is 0 Å². The van der Waals surface area contributed by atoms with Crippen LogP contribution in [0.4, 0.5) is 0 Å². The first-order valence-corrected chi connectivity index (χ1v) is 6.67. The van der Waals surface area contributed by atoms with Crippen molar-refractivity contribution in [1.82, 2.24) is 15.5 Å². The molecule has 0 aliphatic heterocycles. The van der Waals surface area contributed by atoms with Crippen molar-refractivity contribution in [3.8, 4) is 0 Å². The summed E-state index contributed by atoms with van der Waals surface area (Å²) < 4.78 is 6.34. The Morgan fingerprint density at radius 3 is 2.94 bits per heavy atom. The zero-order chi connectivity index (χ0) is 12.3. The Morgan fingerprint density at radius 1 is 1.53 bits per heavy atom. The number of hydrogen-bond donors (Lipinski definition) is 1. The van der Waals surface area contributed by atoms with Gasteiger partial charge in [0.05, 0.1) is 8.67 Å². The van der Waals surface area contributed by atoms with Crippen molar-refractivity contribution in [2.75, 3.05) is 6.54 Å². The Kier molecular flexibility index (Phi) is 4.39. The first-order valence-electron chi connectivity index (χ1n) is 5.10. The molecule has 1 unspecified atom stereocenters. The maximum Gasteiger partial charge on any atom is 0.227 e. The van der Waals surface area contributed by atoms with Crippen LogP contribution in [0.3, 0.4) is 0 Å². The summed E-state index contributed by atoms with van der Waals surface area (Å²) in [7, 11) is 0. The molecule has 0 aromatic carbocycles. The van der Waals surface area contributed by atoms with Crippen molar-refractivity contribution >= 4 is 34.5 Å². The van der Waals surface area contributed by atoms with Crippen molar-refractivity contribution in [3.63, 3.8) is 0 Å². The van der Waals surface area contributed by atoms with E-state index in [1.165, 1.54) is 17.7 Å². The van der Waals surface area contributed by atoms with Gasteiger partial charge in [-0.15, -0.1) is 11.3 Å². The van der Waals surface area contributed by atoms with Crippen LogP contribution < -0.4 is 5.32 Å². The van der Waals surface area contributed by atoms with E-state index in [0.29, 0.717) is 16.6 Å². The van der Waals surface area contributed by atoms with Crippen molar-refractivity contribution in [1.29, 1.82) is 0 Å². The van der Waals surface area contributed by atoms with E-state index in [1.807, 2.05) is 13.0 Å². The standard InChI is InChI=1S/C10H11Cl2N3OS/c1-6(7-4-8(11)17-10(7)12)13-3-2-9-14-5-15-16-9/h4-6,13H,2-3H2,1H3. The molecule has 4 nitrogen and oxygen atoms in total. The highest BCUT2D eigenvalue weighted by Gasteiger charge is 2.12. The van der Waals surface area contributed by atoms with Gasteiger partial charge in [0.2, 0.25) is 5.89 Å². The smallest absolute Gasteiger partial charge is 0.227 e. The number of nitrogens with one attached hydrogen (secondary N) is 1. The lowest BCUT2D eigenvalue weighted by molar-refractivity contribution is 0.372. The number of aromatic nitrogens is 2. The Hall–Kier alpha value is -0.620. The van der Waals surface area contributed by atoms with Crippen LogP contribution in [0.2, 0.25) is 8.67 Å². The number of thiophene rings is 1. The van der Waals surface area contributed by atoms with E-state index in [2.05, 4.69) is 15.5 Å². The topological polar surface area (TPSA) is 51.0 Å². The number of halogens is 2. The van der Waals surface area contributed by atoms with Crippen molar-refractivity contribution in [2.24, 2.45) is 0 Å². The second-order valence-electron chi connectivity index (χ2n) is 3.54. The molecule has 0 aliphatic rings. The molecule has 92 valence electrons. The van der Waals surface area contributed by atoms with Gasteiger partial charge in [0.1, 0.15) is 0 Å². The third-order valence-corrected chi connectivity index (χ3v) is 3.86. The summed E-state index contributed by atoms with van der Waals surface area (Å²) in [5.74, 6) is 0.624. The van der Waals surface area contributed by atoms with Crippen LogP contribution in [0.1, 0.15) is 24.4 Å². The summed E-state index contributed by atoms with van der Waals surface area (Å²) in [6, 6.07) is 2.04. The van der Waals surface area contributed by atoms with Crippen LogP contribution >= 0.6 is 34.5 Å². The van der Waals surface area contributed by atoms with Crippen LogP contribution in [0.5, 0.6) is 0 Å². The third-order valence-electron chi connectivity index (χ3n) is 2.35. The SMILES string of the molecule is CC(NCCc1ncno1)c1cc(Cl)sc1Cl. The van der Waals surface area contributed by atoms with E-state index in [4.69, 9.17) is 27.7 Å². The maximum atomic E-state index is 6.07. The third kappa shape index (κ3) is 3.42. The van der Waals surface area contributed by atoms with Crippen LogP contribution in [-0.2, 0) is 6.42 Å². The molecule has 0 aliphatic carbocycles. The highest BCUT2D eigenvalue weighted by molar-refractivity contribution is 7.20. The second kappa shape index (κ2) is 5.82. The van der Waals surface area contributed by atoms with Gasteiger partial charge >= 0.3 is 0 Å². The fraction of sp³-hybridized carbons (Fsp3) is 0.400. The van der Waals surface area contributed by atoms with Crippen LogP contribution in [0.15, 0.2) is 16.9 Å². The van der Waals surface area contributed by atoms with Gasteiger partial charge in [-0.3, -0.25) is 0 Å². The molecule has 0 amide bonds. The molecular formula is C10H11Cl2N3OS. The van der Waals surface area contributed by atoms with Crippen LogP contribution in [-0.4, -0.2) is 16.7 Å². The summed E-state index contributed by atoms with van der Waals surface area (Å²) in [6.07, 6.45) is 2.09. The Balaban J connectivity index is 1.85. The summed E-state index contributed by atoms with van der Waals surface area (Å²) in [4.78, 5) is 3.94. The fourth-order valence-electron chi connectivity index (χ4n) is 1.46. The minimum absolute atomic E-state index is 0.147. The van der Waals surface area contributed by atoms with Gasteiger partial charge in [-0.05, 0) is 18.6 Å². The lowest BCUT2D eigenvalue weighted by Crippen LogP contribution is -2.21. The molecule has 2 aromatic rings. The van der Waals surface area contributed by atoms with E-state index in [1.54, 1.807) is 0 Å². The normalized spacial score (nSPS) is 12.9. The second-order valence-corrected chi connectivity index (χ2v) is 5.83. The molecule has 7 heteroatoms. The molecule has 0 saturated carbocycles. The zero-order valence-electron chi connectivity index (χ0n) is 9.11. The molecule has 2 heterocycles. The largest absolute Gasteiger partial charge is 0.340 e. The monoisotopic (exact) mass is 291 g/mol. The van der Waals surface area contributed by atoms with Gasteiger partial charge in [0.15, 0.2) is 6.33 Å². The summed E-state index contributed by atoms with van der Waals surface area (Å²) >= 11 is 13.3. The summed E-state index contributed by atoms with van der Waals surface area (Å²) in [5.41, 5.74) is 1.02. The molecule has 0 spiro atoms. The van der Waals surface area contributed by atoms with Crippen LogP contribution in [0.25, 0.3) is 0 Å². The highest BCUT2D eigenvalue weighted by atomic mass is 35.5. The van der Waals surface area contributed by atoms with E-state index < -0.39 is 0 Å². The molecule has 1 atom stereocenters. The summed E-state index contributed by atoms with van der Waals surface area (Å²) in [5, 5.41) is 6.87. The van der Waals surface area contributed by atoms with E-state index in [9.17, 15) is 0 Å². The maximum absolute atomic E-state index is 6.07. The average molecular weight is 292 g/mol. The lowest BCUT2D eigenvalue weighted by atomic mass is 10.2. The number of hydrogen-bond acceptors (Lipinski definition) is 5. The Morgan fingerprint density at radius 2 is 2.35 bits per heavy atom. The van der Waals surface area contributed by atoms with Crippen LogP contribution in [0, 0.1) is 0 Å². The van der Waals surface area contributed by atoms with Gasteiger partial charge in [-0.1, -0.05) is 28.4 Å². The summed E-state index contributed by atoms with van der Waals surface area (Å²) in [6.45, 7) is 2.78. The number of rotatable bonds is 5. The predicted molar refractivity (Wildman–Crippen MR) is 68.8 cm³/mol. The van der Waals surface area contributed by atoms with Gasteiger partial charge < -0.3 is 9.84 Å². The van der Waals surface area contributed by atoms with E-state index in [-0.39, 0.29) is 6.04 Å². The first kappa shape index (κ1) is 12.8. The molecule has 17 heavy (non-hydrogen) atoms. The molecule has 0 fully saturated rings. The molecule has 2 rings (SSSR count). The van der Waals surface area contributed by atoms with Gasteiger partial charge in [0, 0.05) is 19.0 Å². The minimum atomic E-state index is 0.147. The Bertz CT molecular complexity index is 472. The lowest BCUT2D eigenvalue weighted by Gasteiger charge is -2.11.